The maximum atomic E-state index is 13.7. The first-order chi connectivity index (χ1) is 17.4. The van der Waals surface area contributed by atoms with Gasteiger partial charge < -0.3 is 24.4 Å². The molecule has 0 saturated carbocycles. The molecule has 1 aliphatic heterocycles. The maximum absolute atomic E-state index is 13.7. The minimum atomic E-state index is -0.514. The molecule has 0 radical (unpaired) electrons. The van der Waals surface area contributed by atoms with E-state index in [0.717, 1.165) is 10.4 Å². The number of anilines is 2. The van der Waals surface area contributed by atoms with Gasteiger partial charge in [0, 0.05) is 50.6 Å². The second kappa shape index (κ2) is 11.2. The summed E-state index contributed by atoms with van der Waals surface area (Å²) >= 11 is 0. The van der Waals surface area contributed by atoms with E-state index in [0.29, 0.717) is 62.0 Å². The molecule has 0 unspecified atom stereocenters. The van der Waals surface area contributed by atoms with E-state index in [2.05, 4.69) is 10.00 Å². The topological polar surface area (TPSA) is 123 Å². The highest BCUT2D eigenvalue weighted by molar-refractivity contribution is 5.68. The van der Waals surface area contributed by atoms with Crippen LogP contribution >= 0.6 is 0 Å². The minimum absolute atomic E-state index is 0.0284. The number of hydrogen-bond donors (Lipinski definition) is 1. The van der Waals surface area contributed by atoms with Gasteiger partial charge >= 0.3 is 0 Å². The molecule has 1 aromatic heterocycles. The molecule has 1 fully saturated rings. The molecule has 36 heavy (non-hydrogen) atoms. The number of methoxy groups -OCH3 is 1. The molecule has 1 N–H and O–H groups in total. The Balaban J connectivity index is 1.93. The van der Waals surface area contributed by atoms with Gasteiger partial charge in [0.25, 0.3) is 11.2 Å². The van der Waals surface area contributed by atoms with E-state index in [9.17, 15) is 20.0 Å². The summed E-state index contributed by atoms with van der Waals surface area (Å²) in [7, 11) is 3.30. The van der Waals surface area contributed by atoms with Crippen LogP contribution in [0, 0.1) is 10.1 Å². The van der Waals surface area contributed by atoms with Crippen LogP contribution in [0.2, 0.25) is 0 Å². The molecule has 2 heterocycles. The predicted molar refractivity (Wildman–Crippen MR) is 136 cm³/mol. The summed E-state index contributed by atoms with van der Waals surface area (Å²) in [5, 5.41) is 25.8. The molecule has 1 aliphatic rings. The van der Waals surface area contributed by atoms with Gasteiger partial charge in [0.1, 0.15) is 17.1 Å². The first-order valence-electron chi connectivity index (χ1n) is 11.6. The monoisotopic (exact) mass is 495 g/mol. The first-order valence-corrected chi connectivity index (χ1v) is 11.6. The zero-order valence-corrected chi connectivity index (χ0v) is 20.3. The summed E-state index contributed by atoms with van der Waals surface area (Å²) in [6, 6.07) is 13.6. The number of aliphatic hydroxyl groups is 1. The van der Waals surface area contributed by atoms with E-state index >= 15 is 0 Å². The van der Waals surface area contributed by atoms with Gasteiger partial charge in [-0.3, -0.25) is 14.9 Å². The average molecular weight is 496 g/mol. The number of aromatic nitrogens is 2. The third-order valence-corrected chi connectivity index (χ3v) is 6.08. The molecular weight excluding hydrogens is 466 g/mol. The molecule has 0 bridgehead atoms. The Morgan fingerprint density at radius 3 is 2.67 bits per heavy atom. The van der Waals surface area contributed by atoms with Gasteiger partial charge in [-0.05, 0) is 36.8 Å². The van der Waals surface area contributed by atoms with Gasteiger partial charge in [0.05, 0.1) is 30.9 Å². The number of ether oxygens (including phenoxy) is 2. The van der Waals surface area contributed by atoms with E-state index in [1.807, 2.05) is 12.1 Å². The zero-order valence-electron chi connectivity index (χ0n) is 20.3. The lowest BCUT2D eigenvalue weighted by molar-refractivity contribution is -0.384. The predicted octanol–water partition coefficient (Wildman–Crippen LogP) is 2.47. The van der Waals surface area contributed by atoms with E-state index in [1.54, 1.807) is 49.4 Å². The molecule has 4 rings (SSSR count). The number of rotatable bonds is 9. The first kappa shape index (κ1) is 25.1. The molecule has 0 atom stereocenters. The van der Waals surface area contributed by atoms with Crippen LogP contribution < -0.4 is 20.1 Å². The van der Waals surface area contributed by atoms with Gasteiger partial charge in [-0.15, -0.1) is 0 Å². The molecule has 0 amide bonds. The van der Waals surface area contributed by atoms with Crippen molar-refractivity contribution in [2.24, 2.45) is 0 Å². The zero-order chi connectivity index (χ0) is 25.7. The number of nitro groups is 1. The number of nitrogens with zero attached hydrogens (tertiary/aromatic N) is 5. The normalized spacial score (nSPS) is 13.5. The van der Waals surface area contributed by atoms with Crippen molar-refractivity contribution >= 4 is 17.1 Å². The number of nitro benzene ring substituents is 1. The molecule has 190 valence electrons. The lowest BCUT2D eigenvalue weighted by atomic mass is 10.1. The molecule has 3 aromatic rings. The largest absolute Gasteiger partial charge is 0.497 e. The third-order valence-electron chi connectivity index (χ3n) is 6.08. The lowest BCUT2D eigenvalue weighted by Gasteiger charge is -2.29. The molecule has 0 spiro atoms. The highest BCUT2D eigenvalue weighted by Gasteiger charge is 2.23. The highest BCUT2D eigenvalue weighted by atomic mass is 16.6. The fourth-order valence-corrected chi connectivity index (χ4v) is 4.12. The fraction of sp³-hybridized carbons (Fsp3) is 0.360. The second-order valence-electron chi connectivity index (χ2n) is 8.39. The summed E-state index contributed by atoms with van der Waals surface area (Å²) in [6.07, 6.45) is 0.458. The fourth-order valence-electron chi connectivity index (χ4n) is 4.12. The van der Waals surface area contributed by atoms with Crippen LogP contribution in [-0.2, 0) is 4.74 Å². The van der Waals surface area contributed by atoms with E-state index in [-0.39, 0.29) is 18.0 Å². The number of morpholine rings is 1. The highest BCUT2D eigenvalue weighted by Crippen LogP contribution is 2.30. The van der Waals surface area contributed by atoms with Gasteiger partial charge in [-0.2, -0.15) is 9.78 Å². The maximum Gasteiger partial charge on any atom is 0.295 e. The van der Waals surface area contributed by atoms with E-state index in [1.165, 1.54) is 6.07 Å². The molecule has 11 heteroatoms. The van der Waals surface area contributed by atoms with E-state index in [4.69, 9.17) is 9.47 Å². The Bertz CT molecular complexity index is 1290. The van der Waals surface area contributed by atoms with Crippen molar-refractivity contribution in [1.82, 2.24) is 9.78 Å². The van der Waals surface area contributed by atoms with Crippen molar-refractivity contribution < 1.29 is 19.5 Å². The van der Waals surface area contributed by atoms with Crippen LogP contribution in [0.4, 0.5) is 17.1 Å². The Kier molecular flexibility index (Phi) is 7.81. The Labute approximate surface area is 208 Å². The summed E-state index contributed by atoms with van der Waals surface area (Å²) in [6.45, 7) is 2.77. The van der Waals surface area contributed by atoms with Crippen LogP contribution in [0.1, 0.15) is 6.42 Å². The standard InChI is InChI=1S/C25H29N5O6/c1-27(9-4-12-31)24-17-21(18-5-3-6-20(15-18)35-2)26-29(25(24)32)23-16-19(7-8-22(23)30(33)34)28-10-13-36-14-11-28/h3,5-8,15-17,31H,4,9-14H2,1-2H3. The van der Waals surface area contributed by atoms with Crippen LogP contribution in [0.25, 0.3) is 16.9 Å². The quantitative estimate of drug-likeness (QED) is 0.352. The summed E-state index contributed by atoms with van der Waals surface area (Å²) < 4.78 is 11.9. The third kappa shape index (κ3) is 5.31. The van der Waals surface area contributed by atoms with Gasteiger partial charge in [-0.1, -0.05) is 12.1 Å². The SMILES string of the molecule is COc1cccc(-c2cc(N(C)CCCO)c(=O)n(-c3cc(N4CCOCC4)ccc3[N+](=O)[O-])n2)c1. The second-order valence-corrected chi connectivity index (χ2v) is 8.39. The molecule has 1 saturated heterocycles. The van der Waals surface area contributed by atoms with Crippen LogP contribution in [0.5, 0.6) is 5.75 Å². The number of benzene rings is 2. The summed E-state index contributed by atoms with van der Waals surface area (Å²) in [5.74, 6) is 0.613. The van der Waals surface area contributed by atoms with Crippen molar-refractivity contribution in [1.29, 1.82) is 0 Å². The van der Waals surface area contributed by atoms with Crippen molar-refractivity contribution in [2.75, 3.05) is 63.4 Å². The lowest BCUT2D eigenvalue weighted by Crippen LogP contribution is -2.36. The Morgan fingerprint density at radius 1 is 1.19 bits per heavy atom. The van der Waals surface area contributed by atoms with Crippen LogP contribution in [-0.4, -0.2) is 73.4 Å². The van der Waals surface area contributed by atoms with Crippen LogP contribution in [0.15, 0.2) is 53.3 Å². The van der Waals surface area contributed by atoms with E-state index < -0.39 is 10.5 Å². The Hall–Kier alpha value is -3.96. The summed E-state index contributed by atoms with van der Waals surface area (Å²) in [4.78, 5) is 28.9. The van der Waals surface area contributed by atoms with Crippen LogP contribution in [0.3, 0.4) is 0 Å². The van der Waals surface area contributed by atoms with Crippen molar-refractivity contribution in [3.63, 3.8) is 0 Å². The minimum Gasteiger partial charge on any atom is -0.497 e. The molecule has 2 aromatic carbocycles. The molecular formula is C25H29N5O6. The molecule has 11 nitrogen and oxygen atoms in total. The van der Waals surface area contributed by atoms with Gasteiger partial charge in [0.2, 0.25) is 0 Å². The number of aliphatic hydroxyl groups excluding tert-OH is 1. The van der Waals surface area contributed by atoms with Crippen molar-refractivity contribution in [3.05, 3.63) is 69.0 Å². The Morgan fingerprint density at radius 2 is 1.97 bits per heavy atom. The summed E-state index contributed by atoms with van der Waals surface area (Å²) in [5.41, 5.74) is 1.54. The van der Waals surface area contributed by atoms with Gasteiger partial charge in [-0.25, -0.2) is 0 Å². The van der Waals surface area contributed by atoms with Crippen molar-refractivity contribution in [3.8, 4) is 22.7 Å². The van der Waals surface area contributed by atoms with Gasteiger partial charge in [0.15, 0.2) is 0 Å². The van der Waals surface area contributed by atoms with Crippen molar-refractivity contribution in [2.45, 2.75) is 6.42 Å². The molecule has 0 aliphatic carbocycles. The smallest absolute Gasteiger partial charge is 0.295 e. The average Bonchev–Trinajstić information content (AvgIpc) is 2.92. The number of hydrogen-bond acceptors (Lipinski definition) is 9.